The second-order valence-electron chi connectivity index (χ2n) is 0.524. The lowest BCUT2D eigenvalue weighted by atomic mass is 10.1. The fourth-order valence-corrected chi connectivity index (χ4v) is 0.0645. The van der Waals surface area contributed by atoms with Gasteiger partial charge >= 0.3 is 7.48 Å². The van der Waals surface area contributed by atoms with Gasteiger partial charge in [0.1, 0.15) is 0 Å². The Morgan fingerprint density at radius 2 is 2.60 bits per heavy atom. The van der Waals surface area contributed by atoms with Crippen molar-refractivity contribution in [3.05, 3.63) is 0 Å². The van der Waals surface area contributed by atoms with Crippen LogP contribution in [0.1, 0.15) is 0 Å². The molecule has 0 unspecified atom stereocenters. The zero-order valence-electron chi connectivity index (χ0n) is 3.06. The van der Waals surface area contributed by atoms with Gasteiger partial charge in [0.05, 0.1) is 0 Å². The fraction of sp³-hybridized carbons (Fsp3) is 0.500. The highest BCUT2D eigenvalue weighted by Gasteiger charge is 1.67. The molecule has 0 spiro atoms. The molecule has 0 aromatic heterocycles. The molecule has 0 amide bonds. The Kier molecular flexibility index (Phi) is 2.92. The van der Waals surface area contributed by atoms with E-state index in [1.165, 1.54) is 6.26 Å². The smallest absolute Gasteiger partial charge is 0.353 e. The van der Waals surface area contributed by atoms with E-state index in [9.17, 15) is 0 Å². The highest BCUT2D eigenvalue weighted by Crippen LogP contribution is 1.54. The third-order valence-electron chi connectivity index (χ3n) is 0.209. The van der Waals surface area contributed by atoms with Gasteiger partial charge < -0.3 is 4.65 Å². The highest BCUT2D eigenvalue weighted by molar-refractivity contribution is 6.25. The predicted molar refractivity (Wildman–Crippen MR) is 19.7 cm³/mol. The third kappa shape index (κ3) is 3.35. The van der Waals surface area contributed by atoms with Crippen LogP contribution < -0.4 is 0 Å². The molecule has 3 heteroatoms. The number of nitriles is 1. The van der Waals surface area contributed by atoms with Crippen LogP contribution in [0, 0.1) is 11.5 Å². The maximum absolute atomic E-state index is 7.59. The molecular formula is C2H4BNO. The van der Waals surface area contributed by atoms with Crippen LogP contribution in [0.15, 0.2) is 0 Å². The first kappa shape index (κ1) is 4.35. The van der Waals surface area contributed by atoms with Gasteiger partial charge in [-0.1, -0.05) is 0 Å². The average Bonchev–Trinajstić information content (AvgIpc) is 1.41. The molecule has 0 atom stereocenters. The summed E-state index contributed by atoms with van der Waals surface area (Å²) in [6.07, 6.45) is 1.52. The molecule has 0 aliphatic rings. The minimum atomic E-state index is 0.483. The van der Waals surface area contributed by atoms with Gasteiger partial charge in [-0.3, -0.25) is 0 Å². The normalized spacial score (nSPS) is 4.80. The third-order valence-corrected chi connectivity index (χ3v) is 0.209. The summed E-state index contributed by atoms with van der Waals surface area (Å²) >= 11 is 0. The first-order chi connectivity index (χ1) is 2.41. The Labute approximate surface area is 31.6 Å². The molecule has 0 saturated heterocycles. The monoisotopic (exact) mass is 69.0 g/mol. The van der Waals surface area contributed by atoms with Crippen LogP contribution in [-0.4, -0.2) is 7.48 Å². The summed E-state index contributed by atoms with van der Waals surface area (Å²) in [5.74, 6) is 0. The van der Waals surface area contributed by atoms with E-state index >= 15 is 0 Å². The van der Waals surface area contributed by atoms with E-state index in [1.54, 1.807) is 6.82 Å². The van der Waals surface area contributed by atoms with Crippen LogP contribution in [0.3, 0.4) is 0 Å². The second-order valence-corrected chi connectivity index (χ2v) is 0.524. The van der Waals surface area contributed by atoms with Crippen molar-refractivity contribution in [1.29, 1.82) is 5.26 Å². The molecule has 2 nitrogen and oxygen atoms in total. The first-order valence-electron chi connectivity index (χ1n) is 1.42. The van der Waals surface area contributed by atoms with Crippen molar-refractivity contribution in [1.82, 2.24) is 0 Å². The summed E-state index contributed by atoms with van der Waals surface area (Å²) in [4.78, 5) is 0. The maximum Gasteiger partial charge on any atom is 0.353 e. The largest absolute Gasteiger partial charge is 0.503 e. The van der Waals surface area contributed by atoms with E-state index in [-0.39, 0.29) is 0 Å². The van der Waals surface area contributed by atoms with Crippen molar-refractivity contribution < 1.29 is 4.65 Å². The van der Waals surface area contributed by atoms with Crippen LogP contribution in [0.2, 0.25) is 6.82 Å². The Bertz CT molecular complexity index is 48.1. The minimum absolute atomic E-state index is 0.483. The van der Waals surface area contributed by atoms with Gasteiger partial charge in [-0.05, 0) is 6.82 Å². The highest BCUT2D eigenvalue weighted by atomic mass is 16.4. The molecule has 0 aromatic rings. The van der Waals surface area contributed by atoms with Crippen LogP contribution in [0.25, 0.3) is 0 Å². The molecular weight excluding hydrogens is 64.8 g/mol. The summed E-state index contributed by atoms with van der Waals surface area (Å²) < 4.78 is 4.14. The van der Waals surface area contributed by atoms with Crippen LogP contribution in [-0.2, 0) is 4.65 Å². The lowest BCUT2D eigenvalue weighted by Gasteiger charge is -1.73. The molecule has 0 aromatic carbocycles. The van der Waals surface area contributed by atoms with E-state index in [1.807, 2.05) is 0 Å². The van der Waals surface area contributed by atoms with Crippen molar-refractivity contribution >= 4 is 7.48 Å². The van der Waals surface area contributed by atoms with Crippen LogP contribution >= 0.6 is 0 Å². The Morgan fingerprint density at radius 3 is 2.60 bits per heavy atom. The molecule has 0 heterocycles. The van der Waals surface area contributed by atoms with Crippen LogP contribution in [0.4, 0.5) is 0 Å². The Morgan fingerprint density at radius 1 is 2.00 bits per heavy atom. The van der Waals surface area contributed by atoms with Gasteiger partial charge in [0.2, 0.25) is 0 Å². The molecule has 26 valence electrons. The standard InChI is InChI=1S/C2H4BNO/c1-3-5-2-4/h3H,1H3. The lowest BCUT2D eigenvalue weighted by Crippen LogP contribution is -1.79. The zero-order valence-corrected chi connectivity index (χ0v) is 3.06. The molecule has 0 aliphatic heterocycles. The number of hydrogen-bond acceptors (Lipinski definition) is 2. The summed E-state index contributed by atoms with van der Waals surface area (Å²) in [6, 6.07) is 0. The number of rotatable bonds is 1. The molecule has 0 rings (SSSR count). The Hall–Kier alpha value is -0.645. The fourth-order valence-electron chi connectivity index (χ4n) is 0.0645. The maximum atomic E-state index is 7.59. The zero-order chi connectivity index (χ0) is 4.12. The van der Waals surface area contributed by atoms with Crippen molar-refractivity contribution in [3.8, 4) is 6.26 Å². The number of nitrogens with zero attached hydrogens (tertiary/aromatic N) is 1. The van der Waals surface area contributed by atoms with Crippen LogP contribution in [0.5, 0.6) is 0 Å². The first-order valence-corrected chi connectivity index (χ1v) is 1.42. The van der Waals surface area contributed by atoms with Gasteiger partial charge in [-0.2, -0.15) is 5.26 Å². The summed E-state index contributed by atoms with van der Waals surface area (Å²) in [7, 11) is 0.483. The van der Waals surface area contributed by atoms with E-state index in [0.717, 1.165) is 0 Å². The van der Waals surface area contributed by atoms with Crippen molar-refractivity contribution in [3.63, 3.8) is 0 Å². The lowest BCUT2D eigenvalue weighted by molar-refractivity contribution is 0.548. The Balaban J connectivity index is 2.48. The molecule has 0 saturated carbocycles. The van der Waals surface area contributed by atoms with Gasteiger partial charge in [0.25, 0.3) is 6.26 Å². The van der Waals surface area contributed by atoms with E-state index in [0.29, 0.717) is 7.48 Å². The van der Waals surface area contributed by atoms with Gasteiger partial charge in [0.15, 0.2) is 0 Å². The topological polar surface area (TPSA) is 33.0 Å². The molecule has 0 fully saturated rings. The number of hydrogen-bond donors (Lipinski definition) is 0. The molecule has 0 radical (unpaired) electrons. The minimum Gasteiger partial charge on any atom is -0.503 e. The average molecular weight is 68.9 g/mol. The van der Waals surface area contributed by atoms with Gasteiger partial charge in [0, 0.05) is 0 Å². The molecule has 0 aliphatic carbocycles. The van der Waals surface area contributed by atoms with Crippen molar-refractivity contribution in [2.45, 2.75) is 6.82 Å². The summed E-state index contributed by atoms with van der Waals surface area (Å²) in [6.45, 7) is 1.77. The SMILES string of the molecule is CBOC#N. The van der Waals surface area contributed by atoms with Crippen molar-refractivity contribution in [2.75, 3.05) is 0 Å². The summed E-state index contributed by atoms with van der Waals surface area (Å²) in [5.41, 5.74) is 0. The summed E-state index contributed by atoms with van der Waals surface area (Å²) in [5, 5.41) is 7.59. The molecule has 5 heavy (non-hydrogen) atoms. The van der Waals surface area contributed by atoms with Gasteiger partial charge in [-0.25, -0.2) is 0 Å². The predicted octanol–water partition coefficient (Wildman–Crippen LogP) is -0.116. The molecule has 0 bridgehead atoms. The van der Waals surface area contributed by atoms with E-state index in [4.69, 9.17) is 5.26 Å². The van der Waals surface area contributed by atoms with Gasteiger partial charge in [-0.15, -0.1) is 0 Å². The second kappa shape index (κ2) is 3.35. The van der Waals surface area contributed by atoms with E-state index in [2.05, 4.69) is 4.65 Å². The molecule has 0 N–H and O–H groups in total. The van der Waals surface area contributed by atoms with E-state index < -0.39 is 0 Å². The quantitative estimate of drug-likeness (QED) is 0.317. The van der Waals surface area contributed by atoms with Crippen molar-refractivity contribution in [2.24, 2.45) is 0 Å².